The lowest BCUT2D eigenvalue weighted by molar-refractivity contribution is -0.122. The summed E-state index contributed by atoms with van der Waals surface area (Å²) in [6.07, 6.45) is 0.0887. The van der Waals surface area contributed by atoms with E-state index in [1.165, 1.54) is 19.1 Å². The number of nitrogens with one attached hydrogen (secondary N) is 1. The standard InChI is InChI=1S/C19H20ClN3O4.ClH/c1-26-13-4-5-14(21)15(9-13)22-19(25)11-7-18(24)23(10-11)16-8-12(20)3-6-17(16)27-2;/h3-6,8-9,11H,7,10,21H2,1-2H3,(H,22,25);1H. The van der Waals surface area contributed by atoms with Crippen molar-refractivity contribution in [3.05, 3.63) is 41.4 Å². The van der Waals surface area contributed by atoms with Crippen molar-refractivity contribution in [1.29, 1.82) is 0 Å². The molecular weight excluding hydrogens is 405 g/mol. The Balaban J connectivity index is 0.00000280. The van der Waals surface area contributed by atoms with Gasteiger partial charge >= 0.3 is 0 Å². The van der Waals surface area contributed by atoms with Crippen LogP contribution in [0, 0.1) is 5.92 Å². The molecule has 1 saturated heterocycles. The summed E-state index contributed by atoms with van der Waals surface area (Å²) >= 11 is 6.05. The van der Waals surface area contributed by atoms with Gasteiger partial charge in [-0.2, -0.15) is 0 Å². The molecule has 1 atom stereocenters. The van der Waals surface area contributed by atoms with Gasteiger partial charge in [0.2, 0.25) is 11.8 Å². The van der Waals surface area contributed by atoms with E-state index in [4.69, 9.17) is 26.8 Å². The van der Waals surface area contributed by atoms with E-state index in [9.17, 15) is 9.59 Å². The molecule has 1 aliphatic heterocycles. The highest BCUT2D eigenvalue weighted by Crippen LogP contribution is 2.35. The predicted molar refractivity (Wildman–Crippen MR) is 112 cm³/mol. The van der Waals surface area contributed by atoms with Crippen LogP contribution in [0.2, 0.25) is 5.02 Å². The van der Waals surface area contributed by atoms with Crippen LogP contribution in [0.15, 0.2) is 36.4 Å². The fourth-order valence-corrected chi connectivity index (χ4v) is 3.16. The molecule has 1 aliphatic rings. The van der Waals surface area contributed by atoms with E-state index in [0.29, 0.717) is 33.6 Å². The Morgan fingerprint density at radius 3 is 2.64 bits per heavy atom. The molecule has 1 fully saturated rings. The van der Waals surface area contributed by atoms with Gasteiger partial charge in [0.05, 0.1) is 37.2 Å². The third-order valence-corrected chi connectivity index (χ3v) is 4.68. The van der Waals surface area contributed by atoms with Crippen LogP contribution in [-0.4, -0.2) is 32.6 Å². The molecule has 0 saturated carbocycles. The van der Waals surface area contributed by atoms with Crippen LogP contribution < -0.4 is 25.4 Å². The van der Waals surface area contributed by atoms with Crippen LogP contribution in [0.5, 0.6) is 11.5 Å². The van der Waals surface area contributed by atoms with Gasteiger partial charge in [0.15, 0.2) is 0 Å². The molecule has 150 valence electrons. The molecule has 9 heteroatoms. The zero-order valence-electron chi connectivity index (χ0n) is 15.4. The van der Waals surface area contributed by atoms with Crippen molar-refractivity contribution >= 4 is 52.9 Å². The fourth-order valence-electron chi connectivity index (χ4n) is 3.00. The number of carbonyl (C=O) groups excluding carboxylic acids is 2. The van der Waals surface area contributed by atoms with Gasteiger partial charge in [0.25, 0.3) is 0 Å². The van der Waals surface area contributed by atoms with Gasteiger partial charge in [-0.15, -0.1) is 12.4 Å². The molecule has 0 aliphatic carbocycles. The Bertz CT molecular complexity index is 891. The van der Waals surface area contributed by atoms with E-state index >= 15 is 0 Å². The number of hydrogen-bond acceptors (Lipinski definition) is 5. The van der Waals surface area contributed by atoms with Crippen molar-refractivity contribution in [3.63, 3.8) is 0 Å². The van der Waals surface area contributed by atoms with E-state index in [1.54, 1.807) is 36.4 Å². The Hall–Kier alpha value is -2.64. The zero-order valence-corrected chi connectivity index (χ0v) is 17.0. The maximum Gasteiger partial charge on any atom is 0.229 e. The van der Waals surface area contributed by atoms with Gasteiger partial charge < -0.3 is 25.4 Å². The number of nitrogen functional groups attached to an aromatic ring is 1. The molecule has 2 aromatic rings. The first kappa shape index (κ1) is 21.7. The van der Waals surface area contributed by atoms with Crippen LogP contribution >= 0.6 is 24.0 Å². The summed E-state index contributed by atoms with van der Waals surface area (Å²) in [7, 11) is 3.05. The Morgan fingerprint density at radius 1 is 1.21 bits per heavy atom. The molecule has 1 unspecified atom stereocenters. The number of ether oxygens (including phenoxy) is 2. The van der Waals surface area contributed by atoms with E-state index in [2.05, 4.69) is 5.32 Å². The minimum atomic E-state index is -0.521. The minimum absolute atomic E-state index is 0. The summed E-state index contributed by atoms with van der Waals surface area (Å²) in [4.78, 5) is 26.7. The first-order valence-corrected chi connectivity index (χ1v) is 8.69. The number of nitrogens with two attached hydrogens (primary N) is 1. The van der Waals surface area contributed by atoms with Gasteiger partial charge in [-0.3, -0.25) is 9.59 Å². The third-order valence-electron chi connectivity index (χ3n) is 4.45. The lowest BCUT2D eigenvalue weighted by atomic mass is 10.1. The van der Waals surface area contributed by atoms with E-state index < -0.39 is 5.92 Å². The highest BCUT2D eigenvalue weighted by Gasteiger charge is 2.36. The maximum absolute atomic E-state index is 12.7. The van der Waals surface area contributed by atoms with Crippen molar-refractivity contribution in [3.8, 4) is 11.5 Å². The summed E-state index contributed by atoms with van der Waals surface area (Å²) in [5, 5.41) is 3.26. The highest BCUT2D eigenvalue weighted by molar-refractivity contribution is 6.31. The second kappa shape index (κ2) is 9.03. The molecule has 2 amide bonds. The molecule has 3 N–H and O–H groups in total. The second-order valence-electron chi connectivity index (χ2n) is 6.16. The van der Waals surface area contributed by atoms with Crippen molar-refractivity contribution in [2.75, 3.05) is 36.7 Å². The number of amides is 2. The van der Waals surface area contributed by atoms with Crippen LogP contribution in [0.25, 0.3) is 0 Å². The first-order chi connectivity index (χ1) is 12.9. The van der Waals surface area contributed by atoms with Crippen molar-refractivity contribution in [1.82, 2.24) is 0 Å². The Morgan fingerprint density at radius 2 is 1.96 bits per heavy atom. The molecule has 28 heavy (non-hydrogen) atoms. The molecule has 0 radical (unpaired) electrons. The number of benzene rings is 2. The van der Waals surface area contributed by atoms with Crippen molar-refractivity contribution < 1.29 is 19.1 Å². The molecular formula is C19H21Cl2N3O4. The normalized spacial score (nSPS) is 15.8. The number of nitrogens with zero attached hydrogens (tertiary/aromatic N) is 1. The van der Waals surface area contributed by atoms with Gasteiger partial charge in [-0.25, -0.2) is 0 Å². The largest absolute Gasteiger partial charge is 0.497 e. The number of anilines is 3. The van der Waals surface area contributed by atoms with Gasteiger partial charge in [0.1, 0.15) is 11.5 Å². The number of hydrogen-bond donors (Lipinski definition) is 2. The number of rotatable bonds is 5. The maximum atomic E-state index is 12.7. The van der Waals surface area contributed by atoms with Gasteiger partial charge in [-0.1, -0.05) is 11.6 Å². The molecule has 0 bridgehead atoms. The Labute approximate surface area is 174 Å². The first-order valence-electron chi connectivity index (χ1n) is 8.31. The van der Waals surface area contributed by atoms with Gasteiger partial charge in [0, 0.05) is 24.1 Å². The monoisotopic (exact) mass is 425 g/mol. The quantitative estimate of drug-likeness (QED) is 0.716. The Kier molecular flexibility index (Phi) is 6.99. The molecule has 0 spiro atoms. The summed E-state index contributed by atoms with van der Waals surface area (Å²) in [5.41, 5.74) is 7.33. The fraction of sp³-hybridized carbons (Fsp3) is 0.263. The average Bonchev–Trinajstić information content (AvgIpc) is 3.05. The number of methoxy groups -OCH3 is 2. The second-order valence-corrected chi connectivity index (χ2v) is 6.60. The lowest BCUT2D eigenvalue weighted by Crippen LogP contribution is -2.28. The van der Waals surface area contributed by atoms with E-state index in [0.717, 1.165) is 0 Å². The zero-order chi connectivity index (χ0) is 19.6. The minimum Gasteiger partial charge on any atom is -0.497 e. The van der Waals surface area contributed by atoms with Crippen LogP contribution in [-0.2, 0) is 9.59 Å². The number of carbonyl (C=O) groups is 2. The highest BCUT2D eigenvalue weighted by atomic mass is 35.5. The predicted octanol–water partition coefficient (Wildman–Crippen LogP) is 3.35. The number of halogens is 2. The summed E-state index contributed by atoms with van der Waals surface area (Å²) in [6, 6.07) is 10.0. The third kappa shape index (κ3) is 4.43. The molecule has 1 heterocycles. The lowest BCUT2D eigenvalue weighted by Gasteiger charge is -2.20. The smallest absolute Gasteiger partial charge is 0.229 e. The van der Waals surface area contributed by atoms with Gasteiger partial charge in [-0.05, 0) is 30.3 Å². The average molecular weight is 426 g/mol. The van der Waals surface area contributed by atoms with Crippen molar-refractivity contribution in [2.45, 2.75) is 6.42 Å². The molecule has 2 aromatic carbocycles. The summed E-state index contributed by atoms with van der Waals surface area (Å²) in [5.74, 6) is 0.117. The van der Waals surface area contributed by atoms with Crippen LogP contribution in [0.1, 0.15) is 6.42 Å². The molecule has 0 aromatic heterocycles. The van der Waals surface area contributed by atoms with Crippen LogP contribution in [0.3, 0.4) is 0 Å². The van der Waals surface area contributed by atoms with Crippen molar-refractivity contribution in [2.24, 2.45) is 5.92 Å². The van der Waals surface area contributed by atoms with E-state index in [1.807, 2.05) is 0 Å². The SMILES string of the molecule is COc1ccc(N)c(NC(=O)C2CC(=O)N(c3cc(Cl)ccc3OC)C2)c1.Cl. The topological polar surface area (TPSA) is 93.9 Å². The summed E-state index contributed by atoms with van der Waals surface area (Å²) in [6.45, 7) is 0.227. The molecule has 3 rings (SSSR count). The molecule has 7 nitrogen and oxygen atoms in total. The van der Waals surface area contributed by atoms with Crippen LogP contribution in [0.4, 0.5) is 17.1 Å². The van der Waals surface area contributed by atoms with E-state index in [-0.39, 0.29) is 37.2 Å². The summed E-state index contributed by atoms with van der Waals surface area (Å²) < 4.78 is 10.5.